The van der Waals surface area contributed by atoms with Crippen LogP contribution in [0.25, 0.3) is 0 Å². The Morgan fingerprint density at radius 2 is 2.00 bits per heavy atom. The number of hydrogen-bond acceptors (Lipinski definition) is 4. The maximum absolute atomic E-state index is 12.7. The molecule has 0 saturated carbocycles. The van der Waals surface area contributed by atoms with Crippen molar-refractivity contribution in [2.24, 2.45) is 0 Å². The molecule has 0 atom stereocenters. The molecule has 2 heterocycles. The molecule has 0 aliphatic rings. The SMILES string of the molecule is OCCc1cc(C(F)(F)F)ncc1COc1cccc(Br)n1. The first-order valence-electron chi connectivity index (χ1n) is 6.31. The zero-order valence-corrected chi connectivity index (χ0v) is 12.9. The maximum Gasteiger partial charge on any atom is 0.433 e. The second-order valence-corrected chi connectivity index (χ2v) is 5.21. The molecule has 22 heavy (non-hydrogen) atoms. The predicted octanol–water partition coefficient (Wildman–Crippen LogP) is 3.37. The van der Waals surface area contributed by atoms with E-state index in [0.29, 0.717) is 21.6 Å². The number of alkyl halides is 3. The molecule has 2 rings (SSSR count). The third-order valence-corrected chi connectivity index (χ3v) is 3.26. The van der Waals surface area contributed by atoms with Crippen molar-refractivity contribution in [2.45, 2.75) is 19.2 Å². The minimum atomic E-state index is -4.52. The molecule has 1 N–H and O–H groups in total. The molecule has 2 aromatic heterocycles. The first kappa shape index (κ1) is 16.7. The summed E-state index contributed by atoms with van der Waals surface area (Å²) in [4.78, 5) is 7.47. The number of nitrogens with zero attached hydrogens (tertiary/aromatic N) is 2. The highest BCUT2D eigenvalue weighted by Crippen LogP contribution is 2.29. The molecule has 0 radical (unpaired) electrons. The average molecular weight is 377 g/mol. The Morgan fingerprint density at radius 1 is 1.23 bits per heavy atom. The molecule has 0 saturated heterocycles. The van der Waals surface area contributed by atoms with Crippen LogP contribution < -0.4 is 4.74 Å². The van der Waals surface area contributed by atoms with Crippen LogP contribution in [0, 0.1) is 0 Å². The molecule has 4 nitrogen and oxygen atoms in total. The molecule has 8 heteroatoms. The van der Waals surface area contributed by atoms with Gasteiger partial charge >= 0.3 is 6.18 Å². The Bertz CT molecular complexity index is 650. The average Bonchev–Trinajstić information content (AvgIpc) is 2.45. The molecule has 2 aromatic rings. The Balaban J connectivity index is 2.19. The quantitative estimate of drug-likeness (QED) is 0.812. The fraction of sp³-hybridized carbons (Fsp3) is 0.286. The van der Waals surface area contributed by atoms with Crippen LogP contribution in [0.5, 0.6) is 5.88 Å². The van der Waals surface area contributed by atoms with E-state index in [1.165, 1.54) is 0 Å². The number of halogens is 4. The summed E-state index contributed by atoms with van der Waals surface area (Å²) in [6.07, 6.45) is -3.31. The van der Waals surface area contributed by atoms with E-state index in [1.807, 2.05) is 0 Å². The highest BCUT2D eigenvalue weighted by atomic mass is 79.9. The normalized spacial score (nSPS) is 11.5. The first-order valence-corrected chi connectivity index (χ1v) is 7.10. The number of aliphatic hydroxyl groups excluding tert-OH is 1. The van der Waals surface area contributed by atoms with Gasteiger partial charge in [-0.1, -0.05) is 6.07 Å². The van der Waals surface area contributed by atoms with Gasteiger partial charge in [0.05, 0.1) is 0 Å². The van der Waals surface area contributed by atoms with Crippen molar-refractivity contribution < 1.29 is 23.0 Å². The van der Waals surface area contributed by atoms with Gasteiger partial charge in [-0.25, -0.2) is 4.98 Å². The fourth-order valence-corrected chi connectivity index (χ4v) is 2.11. The summed E-state index contributed by atoms with van der Waals surface area (Å²) in [6.45, 7) is -0.243. The van der Waals surface area contributed by atoms with Crippen LogP contribution >= 0.6 is 15.9 Å². The second kappa shape index (κ2) is 7.06. The zero-order valence-electron chi connectivity index (χ0n) is 11.3. The summed E-state index contributed by atoms with van der Waals surface area (Å²) in [5.74, 6) is 0.337. The van der Waals surface area contributed by atoms with Crippen LogP contribution in [0.15, 0.2) is 35.1 Å². The zero-order chi connectivity index (χ0) is 16.2. The van der Waals surface area contributed by atoms with E-state index in [0.717, 1.165) is 12.3 Å². The lowest BCUT2D eigenvalue weighted by Gasteiger charge is -2.13. The molecule has 0 amide bonds. The summed E-state index contributed by atoms with van der Waals surface area (Å²) in [7, 11) is 0. The van der Waals surface area contributed by atoms with Crippen molar-refractivity contribution in [3.05, 3.63) is 51.9 Å². The summed E-state index contributed by atoms with van der Waals surface area (Å²) in [6, 6.07) is 6.02. The van der Waals surface area contributed by atoms with Crippen molar-refractivity contribution in [2.75, 3.05) is 6.61 Å². The molecular weight excluding hydrogens is 365 g/mol. The van der Waals surface area contributed by atoms with E-state index >= 15 is 0 Å². The van der Waals surface area contributed by atoms with Crippen LogP contribution in [0.2, 0.25) is 0 Å². The van der Waals surface area contributed by atoms with Gasteiger partial charge in [-0.2, -0.15) is 13.2 Å². The molecule has 0 aliphatic carbocycles. The van der Waals surface area contributed by atoms with E-state index < -0.39 is 11.9 Å². The van der Waals surface area contributed by atoms with E-state index in [4.69, 9.17) is 9.84 Å². The number of hydrogen-bond donors (Lipinski definition) is 1. The van der Waals surface area contributed by atoms with Gasteiger partial charge in [0.2, 0.25) is 5.88 Å². The largest absolute Gasteiger partial charge is 0.473 e. The van der Waals surface area contributed by atoms with E-state index in [9.17, 15) is 13.2 Å². The standard InChI is InChI=1S/C14H12BrF3N2O2/c15-12-2-1-3-13(20-12)22-8-10-7-19-11(14(16,17)18)6-9(10)4-5-21/h1-3,6-7,21H,4-5,8H2. The number of ether oxygens (including phenoxy) is 1. The Morgan fingerprint density at radius 3 is 2.64 bits per heavy atom. The second-order valence-electron chi connectivity index (χ2n) is 4.40. The van der Waals surface area contributed by atoms with Crippen molar-refractivity contribution in [1.82, 2.24) is 9.97 Å². The third-order valence-electron chi connectivity index (χ3n) is 2.82. The maximum atomic E-state index is 12.7. The Kier molecular flexibility index (Phi) is 5.36. The predicted molar refractivity (Wildman–Crippen MR) is 76.3 cm³/mol. The topological polar surface area (TPSA) is 55.2 Å². The molecule has 0 bridgehead atoms. The minimum absolute atomic E-state index is 0.0178. The molecule has 0 aromatic carbocycles. The molecule has 0 fully saturated rings. The van der Waals surface area contributed by atoms with Gasteiger partial charge in [0.25, 0.3) is 0 Å². The molecule has 0 aliphatic heterocycles. The Hall–Kier alpha value is -1.67. The minimum Gasteiger partial charge on any atom is -0.473 e. The van der Waals surface area contributed by atoms with Gasteiger partial charge in [0.1, 0.15) is 16.9 Å². The third kappa shape index (κ3) is 4.41. The highest BCUT2D eigenvalue weighted by Gasteiger charge is 2.32. The Labute approximate surface area is 133 Å². The van der Waals surface area contributed by atoms with Crippen LogP contribution in [0.1, 0.15) is 16.8 Å². The van der Waals surface area contributed by atoms with E-state index in [2.05, 4.69) is 25.9 Å². The van der Waals surface area contributed by atoms with Gasteiger partial charge in [-0.3, -0.25) is 4.98 Å². The molecule has 0 spiro atoms. The lowest BCUT2D eigenvalue weighted by atomic mass is 10.1. The monoisotopic (exact) mass is 376 g/mol. The summed E-state index contributed by atoms with van der Waals surface area (Å²) >= 11 is 3.20. The highest BCUT2D eigenvalue weighted by molar-refractivity contribution is 9.10. The van der Waals surface area contributed by atoms with Crippen LogP contribution in [0.3, 0.4) is 0 Å². The summed E-state index contributed by atoms with van der Waals surface area (Å²) in [5.41, 5.74) is -0.163. The summed E-state index contributed by atoms with van der Waals surface area (Å²) < 4.78 is 44.0. The van der Waals surface area contributed by atoms with Crippen molar-refractivity contribution in [1.29, 1.82) is 0 Å². The fourth-order valence-electron chi connectivity index (χ4n) is 1.79. The van der Waals surface area contributed by atoms with Crippen molar-refractivity contribution in [3.8, 4) is 5.88 Å². The van der Waals surface area contributed by atoms with Gasteiger partial charge in [-0.05, 0) is 40.0 Å². The first-order chi connectivity index (χ1) is 10.4. The van der Waals surface area contributed by atoms with Gasteiger partial charge in [0, 0.05) is 24.4 Å². The lowest BCUT2D eigenvalue weighted by molar-refractivity contribution is -0.141. The molecule has 0 unspecified atom stereocenters. The van der Waals surface area contributed by atoms with Crippen molar-refractivity contribution >= 4 is 15.9 Å². The number of pyridine rings is 2. The van der Waals surface area contributed by atoms with E-state index in [-0.39, 0.29) is 19.6 Å². The van der Waals surface area contributed by atoms with Crippen LogP contribution in [0.4, 0.5) is 13.2 Å². The molecule has 118 valence electrons. The van der Waals surface area contributed by atoms with Crippen LogP contribution in [-0.4, -0.2) is 21.7 Å². The summed E-state index contributed by atoms with van der Waals surface area (Å²) in [5, 5.41) is 9.00. The van der Waals surface area contributed by atoms with Crippen molar-refractivity contribution in [3.63, 3.8) is 0 Å². The van der Waals surface area contributed by atoms with E-state index in [1.54, 1.807) is 18.2 Å². The van der Waals surface area contributed by atoms with Crippen LogP contribution in [-0.2, 0) is 19.2 Å². The van der Waals surface area contributed by atoms with Gasteiger partial charge in [-0.15, -0.1) is 0 Å². The number of rotatable bonds is 5. The van der Waals surface area contributed by atoms with Gasteiger partial charge < -0.3 is 9.84 Å². The van der Waals surface area contributed by atoms with Gasteiger partial charge in [0.15, 0.2) is 0 Å². The number of aliphatic hydroxyl groups is 1. The lowest BCUT2D eigenvalue weighted by Crippen LogP contribution is -2.12. The number of aromatic nitrogens is 2. The molecular formula is C14H12BrF3N2O2. The smallest absolute Gasteiger partial charge is 0.433 e.